The van der Waals surface area contributed by atoms with Crippen LogP contribution < -0.4 is 33.2 Å². The quantitative estimate of drug-likeness (QED) is 0.170. The van der Waals surface area contributed by atoms with Gasteiger partial charge in [0.2, 0.25) is 23.6 Å². The van der Waals surface area contributed by atoms with Crippen LogP contribution in [0.4, 0.5) is 0 Å². The van der Waals surface area contributed by atoms with Gasteiger partial charge < -0.3 is 33.2 Å². The lowest BCUT2D eigenvalue weighted by atomic mass is 10.0. The minimum atomic E-state index is -0.875. The summed E-state index contributed by atoms with van der Waals surface area (Å²) in [5.74, 6) is -1.53. The van der Waals surface area contributed by atoms with E-state index < -0.39 is 29.9 Å². The molecule has 0 aliphatic carbocycles. The monoisotopic (exact) mass is 476 g/mol. The van der Waals surface area contributed by atoms with Crippen LogP contribution >= 0.6 is 0 Å². The number of hydrogen-bond acceptors (Lipinski definition) is 6. The fourth-order valence-electron chi connectivity index (χ4n) is 3.33. The van der Waals surface area contributed by atoms with Gasteiger partial charge in [-0.2, -0.15) is 0 Å². The first-order chi connectivity index (χ1) is 16.2. The SMILES string of the molecule is C[C@@H](N)C(=O)N[C@@H](Cc1ccccc1)C(=O)N[C@@H](CCCCN)C(=O)NCCCCCC(N)=O. The van der Waals surface area contributed by atoms with Crippen molar-refractivity contribution in [2.45, 2.75) is 76.4 Å². The number of nitrogens with two attached hydrogens (primary N) is 3. The van der Waals surface area contributed by atoms with Crippen LogP contribution in [0.2, 0.25) is 0 Å². The molecule has 0 aliphatic heterocycles. The number of hydrogen-bond donors (Lipinski definition) is 6. The average Bonchev–Trinajstić information content (AvgIpc) is 2.80. The van der Waals surface area contributed by atoms with Crippen molar-refractivity contribution >= 4 is 23.6 Å². The minimum absolute atomic E-state index is 0.266. The van der Waals surface area contributed by atoms with Gasteiger partial charge in [0.1, 0.15) is 12.1 Å². The number of unbranched alkanes of at least 4 members (excludes halogenated alkanes) is 3. The third kappa shape index (κ3) is 12.3. The zero-order valence-corrected chi connectivity index (χ0v) is 20.1. The van der Waals surface area contributed by atoms with Gasteiger partial charge in [0.05, 0.1) is 6.04 Å². The third-order valence-electron chi connectivity index (χ3n) is 5.31. The van der Waals surface area contributed by atoms with E-state index >= 15 is 0 Å². The molecule has 9 N–H and O–H groups in total. The highest BCUT2D eigenvalue weighted by Gasteiger charge is 2.27. The summed E-state index contributed by atoms with van der Waals surface area (Å²) in [5.41, 5.74) is 17.2. The summed E-state index contributed by atoms with van der Waals surface area (Å²) in [7, 11) is 0. The molecule has 10 heteroatoms. The Morgan fingerprint density at radius 1 is 0.853 bits per heavy atom. The molecule has 0 unspecified atom stereocenters. The van der Waals surface area contributed by atoms with Crippen molar-refractivity contribution in [3.05, 3.63) is 35.9 Å². The fourth-order valence-corrected chi connectivity index (χ4v) is 3.33. The predicted octanol–water partition coefficient (Wildman–Crippen LogP) is -0.163. The minimum Gasteiger partial charge on any atom is -0.370 e. The highest BCUT2D eigenvalue weighted by atomic mass is 16.2. The molecule has 0 radical (unpaired) electrons. The van der Waals surface area contributed by atoms with Crippen LogP contribution in [0.5, 0.6) is 0 Å². The van der Waals surface area contributed by atoms with Gasteiger partial charge in [-0.15, -0.1) is 0 Å². The number of carbonyl (C=O) groups excluding carboxylic acids is 4. The van der Waals surface area contributed by atoms with Gasteiger partial charge in [0.15, 0.2) is 0 Å². The largest absolute Gasteiger partial charge is 0.370 e. The number of amides is 4. The molecule has 1 aromatic carbocycles. The second-order valence-corrected chi connectivity index (χ2v) is 8.45. The van der Waals surface area contributed by atoms with Gasteiger partial charge >= 0.3 is 0 Å². The molecule has 0 fully saturated rings. The van der Waals surface area contributed by atoms with E-state index in [0.717, 1.165) is 18.4 Å². The normalized spacial score (nSPS) is 13.4. The maximum Gasteiger partial charge on any atom is 0.243 e. The average molecular weight is 477 g/mol. The first-order valence-corrected chi connectivity index (χ1v) is 11.9. The van der Waals surface area contributed by atoms with Crippen LogP contribution in [0.1, 0.15) is 57.4 Å². The second-order valence-electron chi connectivity index (χ2n) is 8.45. The molecule has 10 nitrogen and oxygen atoms in total. The topological polar surface area (TPSA) is 182 Å². The maximum atomic E-state index is 13.1. The first-order valence-electron chi connectivity index (χ1n) is 11.9. The van der Waals surface area contributed by atoms with E-state index in [0.29, 0.717) is 45.2 Å². The van der Waals surface area contributed by atoms with E-state index in [1.54, 1.807) is 6.92 Å². The summed E-state index contributed by atoms with van der Waals surface area (Å²) in [5, 5.41) is 8.33. The fraction of sp³-hybridized carbons (Fsp3) is 0.583. The van der Waals surface area contributed by atoms with Gasteiger partial charge in [-0.1, -0.05) is 36.8 Å². The molecule has 0 heterocycles. The van der Waals surface area contributed by atoms with Crippen molar-refractivity contribution in [2.75, 3.05) is 13.1 Å². The van der Waals surface area contributed by atoms with E-state index in [9.17, 15) is 19.2 Å². The maximum absolute atomic E-state index is 13.1. The summed E-state index contributed by atoms with van der Waals surface area (Å²) in [6.45, 7) is 2.46. The predicted molar refractivity (Wildman–Crippen MR) is 131 cm³/mol. The second kappa shape index (κ2) is 16.6. The van der Waals surface area contributed by atoms with Gasteiger partial charge in [-0.05, 0) is 51.1 Å². The number of carbonyl (C=O) groups is 4. The first kappa shape index (κ1) is 29.1. The van der Waals surface area contributed by atoms with Crippen LogP contribution in [0.25, 0.3) is 0 Å². The van der Waals surface area contributed by atoms with E-state index in [1.165, 1.54) is 0 Å². The summed E-state index contributed by atoms with van der Waals surface area (Å²) in [6, 6.07) is 6.89. The van der Waals surface area contributed by atoms with Crippen molar-refractivity contribution in [3.63, 3.8) is 0 Å². The molecule has 0 spiro atoms. The lowest BCUT2D eigenvalue weighted by molar-refractivity contribution is -0.132. The van der Waals surface area contributed by atoms with Crippen LogP contribution in [-0.2, 0) is 25.6 Å². The van der Waals surface area contributed by atoms with Crippen molar-refractivity contribution in [1.82, 2.24) is 16.0 Å². The van der Waals surface area contributed by atoms with Crippen LogP contribution in [0.3, 0.4) is 0 Å². The Balaban J connectivity index is 2.78. The van der Waals surface area contributed by atoms with Crippen LogP contribution in [0, 0.1) is 0 Å². The zero-order valence-electron chi connectivity index (χ0n) is 20.1. The van der Waals surface area contributed by atoms with Crippen molar-refractivity contribution in [3.8, 4) is 0 Å². The lowest BCUT2D eigenvalue weighted by Crippen LogP contribution is -2.56. The van der Waals surface area contributed by atoms with Gasteiger partial charge in [-0.25, -0.2) is 0 Å². The van der Waals surface area contributed by atoms with Gasteiger partial charge in [0.25, 0.3) is 0 Å². The smallest absolute Gasteiger partial charge is 0.243 e. The summed E-state index contributed by atoms with van der Waals surface area (Å²) >= 11 is 0. The molecule has 34 heavy (non-hydrogen) atoms. The highest BCUT2D eigenvalue weighted by molar-refractivity contribution is 5.93. The van der Waals surface area contributed by atoms with Crippen molar-refractivity contribution in [1.29, 1.82) is 0 Å². The Morgan fingerprint density at radius 3 is 2.15 bits per heavy atom. The Bertz CT molecular complexity index is 772. The lowest BCUT2D eigenvalue weighted by Gasteiger charge is -2.24. The molecule has 0 saturated carbocycles. The van der Waals surface area contributed by atoms with E-state index in [2.05, 4.69) is 16.0 Å². The summed E-state index contributed by atoms with van der Waals surface area (Å²) in [4.78, 5) is 48.9. The number of nitrogens with one attached hydrogen (secondary N) is 3. The molecule has 0 aromatic heterocycles. The standard InChI is InChI=1S/C24H40N6O4/c1-17(26)22(32)30-20(16-18-10-4-2-5-11-18)24(34)29-19(12-7-8-14-25)23(33)28-15-9-3-6-13-21(27)31/h2,4-5,10-11,17,19-20H,3,6-9,12-16,25-26H2,1H3,(H2,27,31)(H,28,33)(H,29,34)(H,30,32)/t17-,19+,20+/m1/s1. The molecule has 0 aliphatic rings. The molecule has 190 valence electrons. The Morgan fingerprint density at radius 2 is 1.53 bits per heavy atom. The van der Waals surface area contributed by atoms with Crippen LogP contribution in [-0.4, -0.2) is 54.8 Å². The molecular weight excluding hydrogens is 436 g/mol. The number of benzene rings is 1. The molecule has 0 saturated heterocycles. The summed E-state index contributed by atoms with van der Waals surface area (Å²) < 4.78 is 0. The highest BCUT2D eigenvalue weighted by Crippen LogP contribution is 2.07. The van der Waals surface area contributed by atoms with Crippen molar-refractivity contribution in [2.24, 2.45) is 17.2 Å². The zero-order chi connectivity index (χ0) is 25.3. The Hall–Kier alpha value is -2.98. The van der Waals surface area contributed by atoms with E-state index in [-0.39, 0.29) is 18.2 Å². The van der Waals surface area contributed by atoms with Crippen molar-refractivity contribution < 1.29 is 19.2 Å². The Kier molecular flexibility index (Phi) is 14.2. The van der Waals surface area contributed by atoms with E-state index in [4.69, 9.17) is 17.2 Å². The molecule has 0 bridgehead atoms. The van der Waals surface area contributed by atoms with E-state index in [1.807, 2.05) is 30.3 Å². The molecule has 1 rings (SSSR count). The number of rotatable bonds is 17. The summed E-state index contributed by atoms with van der Waals surface area (Å²) in [6.07, 6.45) is 4.53. The number of primary amides is 1. The molecule has 3 atom stereocenters. The molecular formula is C24H40N6O4. The van der Waals surface area contributed by atoms with Gasteiger partial charge in [-0.3, -0.25) is 19.2 Å². The van der Waals surface area contributed by atoms with Crippen LogP contribution in [0.15, 0.2) is 30.3 Å². The molecule has 4 amide bonds. The Labute approximate surface area is 201 Å². The van der Waals surface area contributed by atoms with Gasteiger partial charge in [0, 0.05) is 19.4 Å². The third-order valence-corrected chi connectivity index (χ3v) is 5.31. The molecule has 1 aromatic rings.